The Hall–Kier alpha value is -1.43. The lowest BCUT2D eigenvalue weighted by Crippen LogP contribution is -2.43. The van der Waals surface area contributed by atoms with Crippen LogP contribution in [0, 0.1) is 5.92 Å². The van der Waals surface area contributed by atoms with Crippen LogP contribution in [0.1, 0.15) is 31.7 Å². The molecule has 6 heteroatoms. The van der Waals surface area contributed by atoms with E-state index in [0.29, 0.717) is 18.4 Å². The Morgan fingerprint density at radius 3 is 2.79 bits per heavy atom. The maximum atomic E-state index is 11.1. The zero-order valence-electron chi connectivity index (χ0n) is 11.2. The molecule has 0 aromatic carbocycles. The molecule has 0 spiro atoms. The Bertz CT molecular complexity index is 401. The van der Waals surface area contributed by atoms with Gasteiger partial charge in [-0.15, -0.1) is 5.10 Å². The van der Waals surface area contributed by atoms with Crippen LogP contribution in [0.15, 0.2) is 12.4 Å². The van der Waals surface area contributed by atoms with E-state index in [9.17, 15) is 4.79 Å². The van der Waals surface area contributed by atoms with Gasteiger partial charge in [0.05, 0.1) is 12.2 Å². The highest BCUT2D eigenvalue weighted by atomic mass is 16.1. The fourth-order valence-corrected chi connectivity index (χ4v) is 3.08. The second-order valence-corrected chi connectivity index (χ2v) is 5.62. The molecular formula is C13H21N5O. The van der Waals surface area contributed by atoms with Crippen molar-refractivity contribution in [2.75, 3.05) is 26.2 Å². The van der Waals surface area contributed by atoms with Gasteiger partial charge in [0.25, 0.3) is 0 Å². The van der Waals surface area contributed by atoms with Crippen LogP contribution in [0.4, 0.5) is 0 Å². The van der Waals surface area contributed by atoms with Crippen LogP contribution in [-0.4, -0.2) is 52.0 Å². The number of likely N-dealkylation sites (tertiary alicyclic amines) is 1. The highest BCUT2D eigenvalue weighted by Crippen LogP contribution is 2.23. The molecule has 19 heavy (non-hydrogen) atoms. The van der Waals surface area contributed by atoms with Crippen molar-refractivity contribution in [3.05, 3.63) is 12.4 Å². The molecule has 104 valence electrons. The SMILES string of the molecule is O=C1CCC(CN2CCC(n3ccnn3)CC2)CN1. The van der Waals surface area contributed by atoms with Crippen LogP contribution >= 0.6 is 0 Å². The van der Waals surface area contributed by atoms with E-state index >= 15 is 0 Å². The van der Waals surface area contributed by atoms with Crippen molar-refractivity contribution in [3.63, 3.8) is 0 Å². The van der Waals surface area contributed by atoms with E-state index in [4.69, 9.17) is 0 Å². The van der Waals surface area contributed by atoms with Crippen LogP contribution in [0.5, 0.6) is 0 Å². The summed E-state index contributed by atoms with van der Waals surface area (Å²) in [6.07, 6.45) is 7.72. The first-order chi connectivity index (χ1) is 9.31. The summed E-state index contributed by atoms with van der Waals surface area (Å²) in [5.41, 5.74) is 0. The molecule has 0 radical (unpaired) electrons. The Balaban J connectivity index is 1.44. The molecule has 3 rings (SSSR count). The van der Waals surface area contributed by atoms with E-state index in [1.165, 1.54) is 0 Å². The molecule has 0 bridgehead atoms. The summed E-state index contributed by atoms with van der Waals surface area (Å²) in [5.74, 6) is 0.835. The van der Waals surface area contributed by atoms with Gasteiger partial charge in [0.15, 0.2) is 0 Å². The Kier molecular flexibility index (Phi) is 3.77. The summed E-state index contributed by atoms with van der Waals surface area (Å²) in [6.45, 7) is 4.20. The van der Waals surface area contributed by atoms with Gasteiger partial charge in [-0.1, -0.05) is 5.21 Å². The van der Waals surface area contributed by atoms with Crippen LogP contribution in [0.3, 0.4) is 0 Å². The number of amides is 1. The van der Waals surface area contributed by atoms with Gasteiger partial charge in [-0.25, -0.2) is 4.68 Å². The molecule has 6 nitrogen and oxygen atoms in total. The summed E-state index contributed by atoms with van der Waals surface area (Å²) in [5, 5.41) is 10.9. The minimum atomic E-state index is 0.209. The molecule has 1 unspecified atom stereocenters. The lowest BCUT2D eigenvalue weighted by atomic mass is 9.97. The molecule has 0 aliphatic carbocycles. The van der Waals surface area contributed by atoms with Gasteiger partial charge < -0.3 is 10.2 Å². The summed E-state index contributed by atoms with van der Waals surface area (Å²) < 4.78 is 1.98. The summed E-state index contributed by atoms with van der Waals surface area (Å²) in [6, 6.07) is 0.504. The number of aromatic nitrogens is 3. The lowest BCUT2D eigenvalue weighted by molar-refractivity contribution is -0.123. The van der Waals surface area contributed by atoms with Crippen molar-refractivity contribution in [1.29, 1.82) is 0 Å². The molecule has 2 saturated heterocycles. The summed E-state index contributed by atoms with van der Waals surface area (Å²) in [7, 11) is 0. The van der Waals surface area contributed by atoms with Crippen molar-refractivity contribution in [1.82, 2.24) is 25.2 Å². The van der Waals surface area contributed by atoms with E-state index in [1.807, 2.05) is 10.9 Å². The summed E-state index contributed by atoms with van der Waals surface area (Å²) in [4.78, 5) is 13.7. The molecule has 1 aromatic heterocycles. The fourth-order valence-electron chi connectivity index (χ4n) is 3.08. The normalized spacial score (nSPS) is 26.3. The van der Waals surface area contributed by atoms with Crippen LogP contribution < -0.4 is 5.32 Å². The van der Waals surface area contributed by atoms with Gasteiger partial charge in [0.2, 0.25) is 5.91 Å². The van der Waals surface area contributed by atoms with Gasteiger partial charge in [0, 0.05) is 38.8 Å². The third-order valence-corrected chi connectivity index (χ3v) is 4.26. The van der Waals surface area contributed by atoms with Crippen molar-refractivity contribution >= 4 is 5.91 Å². The number of nitrogens with zero attached hydrogens (tertiary/aromatic N) is 4. The average molecular weight is 263 g/mol. The van der Waals surface area contributed by atoms with E-state index in [2.05, 4.69) is 20.5 Å². The minimum absolute atomic E-state index is 0.209. The number of hydrogen-bond donors (Lipinski definition) is 1. The van der Waals surface area contributed by atoms with Gasteiger partial charge in [-0.2, -0.15) is 0 Å². The maximum absolute atomic E-state index is 11.1. The topological polar surface area (TPSA) is 63.1 Å². The molecule has 1 atom stereocenters. The smallest absolute Gasteiger partial charge is 0.220 e. The van der Waals surface area contributed by atoms with Gasteiger partial charge in [-0.05, 0) is 25.2 Å². The van der Waals surface area contributed by atoms with Crippen LogP contribution in [-0.2, 0) is 4.79 Å². The number of piperidine rings is 2. The number of carbonyl (C=O) groups is 1. The third-order valence-electron chi connectivity index (χ3n) is 4.26. The molecule has 1 amide bonds. The first-order valence-electron chi connectivity index (χ1n) is 7.16. The van der Waals surface area contributed by atoms with Crippen molar-refractivity contribution in [2.24, 2.45) is 5.92 Å². The van der Waals surface area contributed by atoms with Gasteiger partial charge >= 0.3 is 0 Å². The monoisotopic (exact) mass is 263 g/mol. The largest absolute Gasteiger partial charge is 0.356 e. The zero-order chi connectivity index (χ0) is 13.1. The standard InChI is InChI=1S/C13H21N5O/c19-13-2-1-11(9-14-13)10-17-6-3-12(4-7-17)18-8-5-15-16-18/h5,8,11-12H,1-4,6-7,9-10H2,(H,14,19). The van der Waals surface area contributed by atoms with Crippen LogP contribution in [0.2, 0.25) is 0 Å². The van der Waals surface area contributed by atoms with E-state index in [0.717, 1.165) is 45.4 Å². The van der Waals surface area contributed by atoms with E-state index in [1.54, 1.807) is 6.20 Å². The van der Waals surface area contributed by atoms with Crippen molar-refractivity contribution in [3.8, 4) is 0 Å². The maximum Gasteiger partial charge on any atom is 0.220 e. The Morgan fingerprint density at radius 1 is 1.32 bits per heavy atom. The molecule has 1 N–H and O–H groups in total. The molecule has 2 fully saturated rings. The molecule has 2 aliphatic rings. The number of rotatable bonds is 3. The van der Waals surface area contributed by atoms with E-state index in [-0.39, 0.29) is 5.91 Å². The molecule has 2 aliphatic heterocycles. The van der Waals surface area contributed by atoms with Gasteiger partial charge in [-0.3, -0.25) is 4.79 Å². The second kappa shape index (κ2) is 5.69. The predicted octanol–water partition coefficient (Wildman–Crippen LogP) is 0.441. The number of hydrogen-bond acceptors (Lipinski definition) is 4. The predicted molar refractivity (Wildman–Crippen MR) is 70.5 cm³/mol. The van der Waals surface area contributed by atoms with E-state index < -0.39 is 0 Å². The molecule has 3 heterocycles. The molecule has 1 aromatic rings. The third kappa shape index (κ3) is 3.12. The van der Waals surface area contributed by atoms with Crippen molar-refractivity contribution < 1.29 is 4.79 Å². The first kappa shape index (κ1) is 12.6. The number of nitrogens with one attached hydrogen (secondary N) is 1. The highest BCUT2D eigenvalue weighted by molar-refractivity contribution is 5.76. The Morgan fingerprint density at radius 2 is 2.16 bits per heavy atom. The second-order valence-electron chi connectivity index (χ2n) is 5.62. The minimum Gasteiger partial charge on any atom is -0.356 e. The lowest BCUT2D eigenvalue weighted by Gasteiger charge is -2.35. The quantitative estimate of drug-likeness (QED) is 0.859. The average Bonchev–Trinajstić information content (AvgIpc) is 2.96. The first-order valence-corrected chi connectivity index (χ1v) is 7.16. The molecular weight excluding hydrogens is 242 g/mol. The van der Waals surface area contributed by atoms with Gasteiger partial charge in [0.1, 0.15) is 0 Å². The van der Waals surface area contributed by atoms with Crippen molar-refractivity contribution in [2.45, 2.75) is 31.7 Å². The zero-order valence-corrected chi connectivity index (χ0v) is 11.2. The van der Waals surface area contributed by atoms with Crippen LogP contribution in [0.25, 0.3) is 0 Å². The fraction of sp³-hybridized carbons (Fsp3) is 0.769. The molecule has 0 saturated carbocycles. The highest BCUT2D eigenvalue weighted by Gasteiger charge is 2.25. The Labute approximate surface area is 113 Å². The number of carbonyl (C=O) groups excluding carboxylic acids is 1. The summed E-state index contributed by atoms with van der Waals surface area (Å²) >= 11 is 0.